The number of carbonyl (C=O) groups is 2. The topological polar surface area (TPSA) is 52.7 Å². The Bertz CT molecular complexity index is 647. The molecule has 1 saturated heterocycles. The molecule has 0 aromatic heterocycles. The number of fused-ring (bicyclic) bond motifs is 1. The van der Waals surface area contributed by atoms with Gasteiger partial charge in [-0.1, -0.05) is 12.1 Å². The van der Waals surface area contributed by atoms with Crippen molar-refractivity contribution in [2.75, 3.05) is 36.8 Å². The Morgan fingerprint density at radius 2 is 2.08 bits per heavy atom. The minimum Gasteiger partial charge on any atom is -0.354 e. The van der Waals surface area contributed by atoms with Gasteiger partial charge in [0.15, 0.2) is 0 Å². The lowest BCUT2D eigenvalue weighted by Gasteiger charge is -2.28. The monoisotopic (exact) mass is 345 g/mol. The Morgan fingerprint density at radius 1 is 1.25 bits per heavy atom. The van der Waals surface area contributed by atoms with Crippen LogP contribution < -0.4 is 10.2 Å². The van der Waals surface area contributed by atoms with E-state index in [1.54, 1.807) is 16.7 Å². The largest absolute Gasteiger partial charge is 0.354 e. The molecule has 1 saturated carbocycles. The molecule has 1 aromatic rings. The van der Waals surface area contributed by atoms with Gasteiger partial charge in [-0.25, -0.2) is 0 Å². The molecule has 1 atom stereocenters. The van der Waals surface area contributed by atoms with Gasteiger partial charge in [0.1, 0.15) is 6.54 Å². The number of hydrogen-bond acceptors (Lipinski definition) is 4. The minimum atomic E-state index is -0.0603. The van der Waals surface area contributed by atoms with E-state index in [0.717, 1.165) is 29.7 Å². The molecule has 2 fully saturated rings. The van der Waals surface area contributed by atoms with Crippen molar-refractivity contribution in [2.45, 2.75) is 30.2 Å². The van der Waals surface area contributed by atoms with Crippen molar-refractivity contribution in [1.82, 2.24) is 10.2 Å². The van der Waals surface area contributed by atoms with E-state index in [1.807, 2.05) is 24.3 Å². The van der Waals surface area contributed by atoms with Crippen molar-refractivity contribution in [3.05, 3.63) is 24.3 Å². The third-order valence-electron chi connectivity index (χ3n) is 5.08. The summed E-state index contributed by atoms with van der Waals surface area (Å²) in [6.45, 7) is 3.11. The maximum Gasteiger partial charge on any atom is 0.240 e. The van der Waals surface area contributed by atoms with Gasteiger partial charge in [0.25, 0.3) is 0 Å². The maximum absolute atomic E-state index is 12.3. The highest BCUT2D eigenvalue weighted by molar-refractivity contribution is 8.00. The first kappa shape index (κ1) is 16.0. The van der Waals surface area contributed by atoms with Crippen molar-refractivity contribution in [1.29, 1.82) is 0 Å². The van der Waals surface area contributed by atoms with E-state index in [9.17, 15) is 9.59 Å². The number of anilines is 1. The van der Waals surface area contributed by atoms with E-state index in [2.05, 4.69) is 10.2 Å². The van der Waals surface area contributed by atoms with E-state index in [-0.39, 0.29) is 18.4 Å². The molecule has 0 unspecified atom stereocenters. The SMILES string of the molecule is O=C(CN1C(=O)CSc2ccccc21)NC[C@H]1CCN(C2CC2)C1. The van der Waals surface area contributed by atoms with E-state index < -0.39 is 0 Å². The van der Waals surface area contributed by atoms with Crippen LogP contribution in [-0.2, 0) is 9.59 Å². The van der Waals surface area contributed by atoms with Crippen LogP contribution in [0.25, 0.3) is 0 Å². The lowest BCUT2D eigenvalue weighted by Crippen LogP contribution is -2.44. The van der Waals surface area contributed by atoms with Gasteiger partial charge >= 0.3 is 0 Å². The molecule has 2 amide bonds. The van der Waals surface area contributed by atoms with Crippen LogP contribution in [0, 0.1) is 5.92 Å². The molecule has 2 heterocycles. The van der Waals surface area contributed by atoms with Gasteiger partial charge in [-0.15, -0.1) is 11.8 Å². The second-order valence-corrected chi connectivity index (χ2v) is 7.94. The minimum absolute atomic E-state index is 0.00891. The molecular formula is C18H23N3O2S. The van der Waals surface area contributed by atoms with Gasteiger partial charge in [0.05, 0.1) is 11.4 Å². The van der Waals surface area contributed by atoms with Crippen LogP contribution in [0.2, 0.25) is 0 Å². The lowest BCUT2D eigenvalue weighted by atomic mass is 10.1. The average Bonchev–Trinajstić information content (AvgIpc) is 3.34. The van der Waals surface area contributed by atoms with Crippen molar-refractivity contribution in [2.24, 2.45) is 5.92 Å². The Balaban J connectivity index is 1.30. The van der Waals surface area contributed by atoms with Gasteiger partial charge in [-0.3, -0.25) is 9.59 Å². The fraction of sp³-hybridized carbons (Fsp3) is 0.556. The lowest BCUT2D eigenvalue weighted by molar-refractivity contribution is -0.123. The quantitative estimate of drug-likeness (QED) is 0.883. The predicted molar refractivity (Wildman–Crippen MR) is 95.2 cm³/mol. The molecule has 24 heavy (non-hydrogen) atoms. The van der Waals surface area contributed by atoms with Crippen LogP contribution in [0.5, 0.6) is 0 Å². The van der Waals surface area contributed by atoms with Crippen molar-refractivity contribution < 1.29 is 9.59 Å². The zero-order valence-corrected chi connectivity index (χ0v) is 14.6. The van der Waals surface area contributed by atoms with E-state index in [1.165, 1.54) is 25.8 Å². The number of para-hydroxylation sites is 1. The second kappa shape index (κ2) is 6.76. The molecule has 128 valence electrons. The van der Waals surface area contributed by atoms with Crippen LogP contribution in [0.3, 0.4) is 0 Å². The Hall–Kier alpha value is -1.53. The summed E-state index contributed by atoms with van der Waals surface area (Å²) in [4.78, 5) is 29.8. The zero-order valence-electron chi connectivity index (χ0n) is 13.7. The fourth-order valence-corrected chi connectivity index (χ4v) is 4.52. The van der Waals surface area contributed by atoms with Crippen LogP contribution >= 0.6 is 11.8 Å². The van der Waals surface area contributed by atoms with Gasteiger partial charge in [-0.2, -0.15) is 0 Å². The second-order valence-electron chi connectivity index (χ2n) is 6.92. The summed E-state index contributed by atoms with van der Waals surface area (Å²) in [6.07, 6.45) is 3.85. The number of nitrogens with one attached hydrogen (secondary N) is 1. The van der Waals surface area contributed by atoms with Crippen LogP contribution in [-0.4, -0.2) is 54.7 Å². The molecule has 0 spiro atoms. The van der Waals surface area contributed by atoms with Crippen LogP contribution in [0.1, 0.15) is 19.3 Å². The normalized spacial score (nSPS) is 24.1. The van der Waals surface area contributed by atoms with Gasteiger partial charge < -0.3 is 15.1 Å². The van der Waals surface area contributed by atoms with Crippen LogP contribution in [0.15, 0.2) is 29.2 Å². The summed E-state index contributed by atoms with van der Waals surface area (Å²) in [5.74, 6) is 0.905. The third kappa shape index (κ3) is 3.44. The number of rotatable bonds is 5. The Labute approximate surface area is 146 Å². The van der Waals surface area contributed by atoms with Gasteiger partial charge in [-0.05, 0) is 43.9 Å². The number of nitrogens with zero attached hydrogens (tertiary/aromatic N) is 2. The molecule has 5 nitrogen and oxygen atoms in total. The fourth-order valence-electron chi connectivity index (χ4n) is 3.59. The number of benzene rings is 1. The van der Waals surface area contributed by atoms with Gasteiger partial charge in [0.2, 0.25) is 11.8 Å². The number of carbonyl (C=O) groups excluding carboxylic acids is 2. The first-order valence-corrected chi connectivity index (χ1v) is 9.72. The molecule has 6 heteroatoms. The summed E-state index contributed by atoms with van der Waals surface area (Å²) in [5, 5.41) is 3.04. The molecule has 0 radical (unpaired) electrons. The highest BCUT2D eigenvalue weighted by atomic mass is 32.2. The van der Waals surface area contributed by atoms with E-state index in [4.69, 9.17) is 0 Å². The van der Waals surface area contributed by atoms with Crippen molar-refractivity contribution in [3.8, 4) is 0 Å². The third-order valence-corrected chi connectivity index (χ3v) is 6.13. The number of thioether (sulfide) groups is 1. The number of likely N-dealkylation sites (tertiary alicyclic amines) is 1. The van der Waals surface area contributed by atoms with Crippen molar-refractivity contribution >= 4 is 29.3 Å². The average molecular weight is 345 g/mol. The summed E-state index contributed by atoms with van der Waals surface area (Å²) < 4.78 is 0. The molecule has 1 N–H and O–H groups in total. The highest BCUT2D eigenvalue weighted by Gasteiger charge is 2.34. The molecule has 1 aromatic carbocycles. The predicted octanol–water partition coefficient (Wildman–Crippen LogP) is 1.73. The molecule has 3 aliphatic rings. The molecule has 1 aliphatic carbocycles. The summed E-state index contributed by atoms with van der Waals surface area (Å²) in [6, 6.07) is 8.60. The smallest absolute Gasteiger partial charge is 0.240 e. The first-order chi connectivity index (χ1) is 11.7. The molecule has 4 rings (SSSR count). The molecular weight excluding hydrogens is 322 g/mol. The van der Waals surface area contributed by atoms with Gasteiger partial charge in [0, 0.05) is 24.0 Å². The maximum atomic E-state index is 12.3. The van der Waals surface area contributed by atoms with E-state index in [0.29, 0.717) is 11.7 Å². The number of amides is 2. The summed E-state index contributed by atoms with van der Waals surface area (Å²) in [7, 11) is 0. The van der Waals surface area contributed by atoms with E-state index >= 15 is 0 Å². The highest BCUT2D eigenvalue weighted by Crippen LogP contribution is 2.34. The summed E-state index contributed by atoms with van der Waals surface area (Å²) in [5.41, 5.74) is 0.856. The van der Waals surface area contributed by atoms with Crippen molar-refractivity contribution in [3.63, 3.8) is 0 Å². The van der Waals surface area contributed by atoms with Crippen LogP contribution in [0.4, 0.5) is 5.69 Å². The Morgan fingerprint density at radius 3 is 2.92 bits per heavy atom. The standard InChI is InChI=1S/C18H23N3O2S/c22-17(19-9-13-7-8-20(10-13)14-5-6-14)11-21-15-3-1-2-4-16(15)24-12-18(21)23/h1-4,13-14H,5-12H2,(H,19,22)/t13-/m1/s1. The number of hydrogen-bond donors (Lipinski definition) is 1. The Kier molecular flexibility index (Phi) is 4.50. The molecule has 0 bridgehead atoms. The zero-order chi connectivity index (χ0) is 16.5. The molecule has 2 aliphatic heterocycles. The summed E-state index contributed by atoms with van der Waals surface area (Å²) >= 11 is 1.54. The first-order valence-electron chi connectivity index (χ1n) is 8.73.